The molecule has 1 aliphatic heterocycles. The second-order valence-electron chi connectivity index (χ2n) is 5.87. The van der Waals surface area contributed by atoms with Gasteiger partial charge >= 0.3 is 0 Å². The molecule has 0 aliphatic carbocycles. The largest absolute Gasteiger partial charge is 0.384 e. The Morgan fingerprint density at radius 3 is 2.57 bits per heavy atom. The van der Waals surface area contributed by atoms with E-state index in [0.717, 1.165) is 32.5 Å². The molecule has 1 aromatic rings. The summed E-state index contributed by atoms with van der Waals surface area (Å²) >= 11 is 3.21. The van der Waals surface area contributed by atoms with Gasteiger partial charge in [0.05, 0.1) is 10.2 Å². The minimum absolute atomic E-state index is 0.128. The summed E-state index contributed by atoms with van der Waals surface area (Å²) in [6, 6.07) is 3.43. The Morgan fingerprint density at radius 2 is 2.05 bits per heavy atom. The molecule has 0 bridgehead atoms. The molecule has 4 nitrogen and oxygen atoms in total. The molecule has 0 spiro atoms. The van der Waals surface area contributed by atoms with Gasteiger partial charge in [-0.05, 0) is 60.9 Å². The van der Waals surface area contributed by atoms with Gasteiger partial charge < -0.3 is 15.5 Å². The van der Waals surface area contributed by atoms with Crippen molar-refractivity contribution in [3.8, 4) is 0 Å². The van der Waals surface area contributed by atoms with Crippen LogP contribution in [0.4, 0.5) is 10.1 Å². The summed E-state index contributed by atoms with van der Waals surface area (Å²) in [6.45, 7) is 2.81. The van der Waals surface area contributed by atoms with Crippen LogP contribution in [0.5, 0.6) is 0 Å². The smallest absolute Gasteiger partial charge is 0.161 e. The van der Waals surface area contributed by atoms with E-state index in [2.05, 4.69) is 39.8 Å². The summed E-state index contributed by atoms with van der Waals surface area (Å²) in [5, 5.41) is 7.44. The number of benzene rings is 1. The summed E-state index contributed by atoms with van der Waals surface area (Å²) in [4.78, 5) is 4.29. The van der Waals surface area contributed by atoms with Gasteiger partial charge in [0.1, 0.15) is 5.84 Å². The van der Waals surface area contributed by atoms with Crippen LogP contribution in [-0.4, -0.2) is 44.5 Å². The topological polar surface area (TPSA) is 56.4 Å². The predicted molar refractivity (Wildman–Crippen MR) is 88.6 cm³/mol. The van der Waals surface area contributed by atoms with Crippen molar-refractivity contribution in [3.63, 3.8) is 0 Å². The highest BCUT2D eigenvalue weighted by Gasteiger charge is 2.23. The van der Waals surface area contributed by atoms with Crippen molar-refractivity contribution in [2.24, 2.45) is 11.7 Å². The van der Waals surface area contributed by atoms with E-state index in [1.54, 1.807) is 12.1 Å². The van der Waals surface area contributed by atoms with Crippen LogP contribution in [-0.2, 0) is 0 Å². The molecule has 116 valence electrons. The zero-order valence-electron chi connectivity index (χ0n) is 12.5. The Hall–Kier alpha value is -1.14. The highest BCUT2D eigenvalue weighted by atomic mass is 79.9. The van der Waals surface area contributed by atoms with Gasteiger partial charge in [-0.25, -0.2) is 4.39 Å². The Labute approximate surface area is 133 Å². The quantitative estimate of drug-likeness (QED) is 0.644. The normalized spacial score (nSPS) is 16.5. The molecule has 0 unspecified atom stereocenters. The van der Waals surface area contributed by atoms with E-state index in [1.165, 1.54) is 0 Å². The van der Waals surface area contributed by atoms with Crippen LogP contribution in [0.25, 0.3) is 0 Å². The van der Waals surface area contributed by atoms with Crippen LogP contribution in [0, 0.1) is 17.1 Å². The van der Waals surface area contributed by atoms with E-state index in [4.69, 9.17) is 11.1 Å². The van der Waals surface area contributed by atoms with Gasteiger partial charge in [-0.15, -0.1) is 0 Å². The van der Waals surface area contributed by atoms with E-state index >= 15 is 0 Å². The zero-order chi connectivity index (χ0) is 15.6. The molecule has 1 heterocycles. The maximum absolute atomic E-state index is 14.5. The van der Waals surface area contributed by atoms with Gasteiger partial charge in [-0.3, -0.25) is 5.41 Å². The lowest BCUT2D eigenvalue weighted by Crippen LogP contribution is -2.37. The molecule has 0 atom stereocenters. The molecule has 0 radical (unpaired) electrons. The van der Waals surface area contributed by atoms with Gasteiger partial charge in [0.2, 0.25) is 0 Å². The van der Waals surface area contributed by atoms with Gasteiger partial charge in [-0.2, -0.15) is 0 Å². The molecule has 21 heavy (non-hydrogen) atoms. The molecular formula is C15H22BrFN4. The third-order valence-electron chi connectivity index (χ3n) is 3.93. The lowest BCUT2D eigenvalue weighted by molar-refractivity contribution is 0.284. The van der Waals surface area contributed by atoms with Crippen LogP contribution in [0.1, 0.15) is 18.4 Å². The van der Waals surface area contributed by atoms with Crippen molar-refractivity contribution in [2.45, 2.75) is 12.8 Å². The minimum Gasteiger partial charge on any atom is -0.384 e. The van der Waals surface area contributed by atoms with Crippen LogP contribution in [0.15, 0.2) is 16.6 Å². The monoisotopic (exact) mass is 356 g/mol. The number of amidine groups is 1. The number of piperidine rings is 1. The first-order chi connectivity index (χ1) is 9.90. The first-order valence-corrected chi connectivity index (χ1v) is 7.91. The molecule has 3 N–H and O–H groups in total. The summed E-state index contributed by atoms with van der Waals surface area (Å²) in [6.07, 6.45) is 2.15. The molecule has 0 saturated carbocycles. The summed E-state index contributed by atoms with van der Waals surface area (Å²) in [5.74, 6) is 0.227. The minimum atomic E-state index is -0.325. The molecular weight excluding hydrogens is 335 g/mol. The van der Waals surface area contributed by atoms with Crippen molar-refractivity contribution in [1.82, 2.24) is 4.90 Å². The standard InChI is InChI=1S/C15H22BrFN4/c1-20(2)9-10-5-7-21(8-6-10)12-4-3-11(15(18)19)13(16)14(12)17/h3-4,10H,5-9H2,1-2H3,(H3,18,19). The lowest BCUT2D eigenvalue weighted by Gasteiger charge is -2.35. The van der Waals surface area contributed by atoms with Crippen molar-refractivity contribution in [2.75, 3.05) is 38.6 Å². The fraction of sp³-hybridized carbons (Fsp3) is 0.533. The number of nitrogens with zero attached hydrogens (tertiary/aromatic N) is 2. The van der Waals surface area contributed by atoms with E-state index in [1.807, 2.05) is 0 Å². The molecule has 1 aliphatic rings. The number of rotatable bonds is 4. The van der Waals surface area contributed by atoms with E-state index in [-0.39, 0.29) is 16.1 Å². The molecule has 2 rings (SSSR count). The van der Waals surface area contributed by atoms with Gasteiger partial charge in [0, 0.05) is 25.2 Å². The first kappa shape index (κ1) is 16.2. The van der Waals surface area contributed by atoms with Crippen molar-refractivity contribution in [1.29, 1.82) is 5.41 Å². The maximum atomic E-state index is 14.5. The molecule has 0 amide bonds. The number of anilines is 1. The SMILES string of the molecule is CN(C)CC1CCN(c2ccc(C(=N)N)c(Br)c2F)CC1. The third-order valence-corrected chi connectivity index (χ3v) is 4.71. The van der Waals surface area contributed by atoms with Crippen LogP contribution in [0.2, 0.25) is 0 Å². The van der Waals surface area contributed by atoms with E-state index in [0.29, 0.717) is 17.2 Å². The lowest BCUT2D eigenvalue weighted by atomic mass is 9.96. The fourth-order valence-electron chi connectivity index (χ4n) is 2.86. The van der Waals surface area contributed by atoms with Gasteiger partial charge in [0.25, 0.3) is 0 Å². The number of hydrogen-bond donors (Lipinski definition) is 2. The highest BCUT2D eigenvalue weighted by Crippen LogP contribution is 2.31. The first-order valence-electron chi connectivity index (χ1n) is 7.12. The van der Waals surface area contributed by atoms with Crippen molar-refractivity contribution < 1.29 is 4.39 Å². The Balaban J connectivity index is 2.10. The van der Waals surface area contributed by atoms with Gasteiger partial charge in [0.15, 0.2) is 5.82 Å². The average molecular weight is 357 g/mol. The summed E-state index contributed by atoms with van der Waals surface area (Å²) in [7, 11) is 4.17. The number of hydrogen-bond acceptors (Lipinski definition) is 3. The maximum Gasteiger partial charge on any atom is 0.161 e. The van der Waals surface area contributed by atoms with Crippen molar-refractivity contribution in [3.05, 3.63) is 28.0 Å². The third kappa shape index (κ3) is 3.74. The Kier molecular flexibility index (Phi) is 5.22. The van der Waals surface area contributed by atoms with E-state index in [9.17, 15) is 4.39 Å². The summed E-state index contributed by atoms with van der Waals surface area (Å²) in [5.41, 5.74) is 6.44. The molecule has 1 saturated heterocycles. The van der Waals surface area contributed by atoms with E-state index < -0.39 is 0 Å². The number of nitrogens with two attached hydrogens (primary N) is 1. The highest BCUT2D eigenvalue weighted by molar-refractivity contribution is 9.10. The van der Waals surface area contributed by atoms with Crippen LogP contribution >= 0.6 is 15.9 Å². The molecule has 1 fully saturated rings. The second-order valence-corrected chi connectivity index (χ2v) is 6.66. The predicted octanol–water partition coefficient (Wildman–Crippen LogP) is 2.65. The molecule has 1 aromatic carbocycles. The number of nitrogen functional groups attached to an aromatic ring is 1. The zero-order valence-corrected chi connectivity index (χ0v) is 14.1. The van der Waals surface area contributed by atoms with Gasteiger partial charge in [-0.1, -0.05) is 0 Å². The van der Waals surface area contributed by atoms with Crippen LogP contribution in [0.3, 0.4) is 0 Å². The average Bonchev–Trinajstić information content (AvgIpc) is 2.42. The molecule has 0 aromatic heterocycles. The fourth-order valence-corrected chi connectivity index (χ4v) is 3.41. The number of halogens is 2. The van der Waals surface area contributed by atoms with Crippen LogP contribution < -0.4 is 10.6 Å². The van der Waals surface area contributed by atoms with Crippen molar-refractivity contribution >= 4 is 27.5 Å². The number of nitrogens with one attached hydrogen (secondary N) is 1. The summed E-state index contributed by atoms with van der Waals surface area (Å²) < 4.78 is 14.7. The second kappa shape index (κ2) is 6.75. The molecule has 6 heteroatoms. The Morgan fingerprint density at radius 1 is 1.43 bits per heavy atom. The Bertz CT molecular complexity index is 525.